The summed E-state index contributed by atoms with van der Waals surface area (Å²) in [7, 11) is 0. The molecule has 1 aliphatic heterocycles. The van der Waals surface area contributed by atoms with E-state index in [9.17, 15) is 24.3 Å². The molecule has 3 amide bonds. The molecule has 10 heteroatoms. The Hall–Kier alpha value is -4.04. The van der Waals surface area contributed by atoms with Crippen LogP contribution in [0.2, 0.25) is 0 Å². The molecule has 0 unspecified atom stereocenters. The summed E-state index contributed by atoms with van der Waals surface area (Å²) in [4.78, 5) is 49.7. The van der Waals surface area contributed by atoms with Crippen molar-refractivity contribution in [1.82, 2.24) is 10.2 Å². The number of anilines is 1. The van der Waals surface area contributed by atoms with Crippen LogP contribution < -0.4 is 16.4 Å². The zero-order chi connectivity index (χ0) is 27.7. The SMILES string of the molecule is C[C@@H](O)[C@H](NC(=O)c1ccc(C#Cc2ccc(NC(=O)CN3CCC(C(N)=O)CC3)cc2)cc1)C(=O)CO. The van der Waals surface area contributed by atoms with Gasteiger partial charge in [0.25, 0.3) is 5.91 Å². The van der Waals surface area contributed by atoms with Crippen LogP contribution in [-0.2, 0) is 14.4 Å². The number of nitrogens with zero attached hydrogens (tertiary/aromatic N) is 1. The average Bonchev–Trinajstić information content (AvgIpc) is 2.91. The molecule has 2 aromatic rings. The summed E-state index contributed by atoms with van der Waals surface area (Å²) in [5, 5.41) is 24.0. The molecule has 0 spiro atoms. The quantitative estimate of drug-likeness (QED) is 0.296. The number of amides is 3. The number of carbonyl (C=O) groups is 4. The Labute approximate surface area is 221 Å². The molecule has 3 rings (SSSR count). The number of Topliss-reactive ketones (excluding diaryl/α,β-unsaturated/α-hetero) is 1. The highest BCUT2D eigenvalue weighted by Gasteiger charge is 2.25. The van der Waals surface area contributed by atoms with Crippen molar-refractivity contribution in [3.8, 4) is 11.8 Å². The summed E-state index contributed by atoms with van der Waals surface area (Å²) < 4.78 is 0. The first kappa shape index (κ1) is 28.5. The van der Waals surface area contributed by atoms with Crippen molar-refractivity contribution >= 4 is 29.2 Å². The van der Waals surface area contributed by atoms with Crippen LogP contribution in [0.3, 0.4) is 0 Å². The lowest BCUT2D eigenvalue weighted by Gasteiger charge is -2.29. The number of hydrogen-bond acceptors (Lipinski definition) is 7. The first-order valence-electron chi connectivity index (χ1n) is 12.3. The lowest BCUT2D eigenvalue weighted by atomic mass is 9.96. The maximum Gasteiger partial charge on any atom is 0.251 e. The normalized spacial score (nSPS) is 15.4. The Bertz CT molecular complexity index is 1210. The van der Waals surface area contributed by atoms with Gasteiger partial charge in [0, 0.05) is 28.3 Å². The maximum absolute atomic E-state index is 12.4. The van der Waals surface area contributed by atoms with Crippen LogP contribution >= 0.6 is 0 Å². The molecule has 0 aromatic heterocycles. The fourth-order valence-electron chi connectivity index (χ4n) is 4.06. The fraction of sp³-hybridized carbons (Fsp3) is 0.357. The lowest BCUT2D eigenvalue weighted by molar-refractivity contribution is -0.126. The molecule has 38 heavy (non-hydrogen) atoms. The van der Waals surface area contributed by atoms with Crippen LogP contribution in [0.5, 0.6) is 0 Å². The molecule has 1 aliphatic rings. The van der Waals surface area contributed by atoms with Gasteiger partial charge in [-0.05, 0) is 81.4 Å². The van der Waals surface area contributed by atoms with E-state index in [4.69, 9.17) is 10.8 Å². The van der Waals surface area contributed by atoms with Gasteiger partial charge in [-0.2, -0.15) is 0 Å². The number of hydrogen-bond donors (Lipinski definition) is 5. The van der Waals surface area contributed by atoms with Crippen molar-refractivity contribution in [3.05, 3.63) is 65.2 Å². The Balaban J connectivity index is 1.51. The van der Waals surface area contributed by atoms with E-state index in [1.165, 1.54) is 6.92 Å². The smallest absolute Gasteiger partial charge is 0.251 e. The third-order valence-corrected chi connectivity index (χ3v) is 6.30. The number of aliphatic hydroxyl groups is 2. The third-order valence-electron chi connectivity index (χ3n) is 6.30. The monoisotopic (exact) mass is 520 g/mol. The van der Waals surface area contributed by atoms with E-state index in [-0.39, 0.29) is 29.8 Å². The molecule has 0 bridgehead atoms. The largest absolute Gasteiger partial charge is 0.391 e. The van der Waals surface area contributed by atoms with E-state index in [0.29, 0.717) is 37.2 Å². The minimum atomic E-state index is -1.19. The number of piperidine rings is 1. The molecule has 2 atom stereocenters. The molecule has 0 saturated carbocycles. The van der Waals surface area contributed by atoms with Gasteiger partial charge in [0.1, 0.15) is 12.6 Å². The molecule has 0 radical (unpaired) electrons. The van der Waals surface area contributed by atoms with Crippen LogP contribution in [-0.4, -0.2) is 77.0 Å². The first-order chi connectivity index (χ1) is 18.2. The fourth-order valence-corrected chi connectivity index (χ4v) is 4.06. The summed E-state index contributed by atoms with van der Waals surface area (Å²) in [5.41, 5.74) is 7.68. The summed E-state index contributed by atoms with van der Waals surface area (Å²) in [6.45, 7) is 2.14. The van der Waals surface area contributed by atoms with Gasteiger partial charge in [-0.1, -0.05) is 11.8 Å². The zero-order valence-electron chi connectivity index (χ0n) is 21.1. The highest BCUT2D eigenvalue weighted by molar-refractivity contribution is 5.98. The van der Waals surface area contributed by atoms with Gasteiger partial charge >= 0.3 is 0 Å². The average molecular weight is 521 g/mol. The number of primary amides is 1. The Kier molecular flexibility index (Phi) is 10.1. The van der Waals surface area contributed by atoms with E-state index in [2.05, 4.69) is 22.5 Å². The van der Waals surface area contributed by atoms with Gasteiger partial charge in [0.15, 0.2) is 5.78 Å². The number of ketones is 1. The number of carbonyl (C=O) groups excluding carboxylic acids is 4. The molecular formula is C28H32N4O6. The molecule has 10 nitrogen and oxygen atoms in total. The molecule has 6 N–H and O–H groups in total. The second-order valence-corrected chi connectivity index (χ2v) is 9.22. The number of aliphatic hydroxyl groups excluding tert-OH is 2. The predicted octanol–water partition coefficient (Wildman–Crippen LogP) is 0.263. The molecule has 200 valence electrons. The van der Waals surface area contributed by atoms with Crippen LogP contribution in [0.15, 0.2) is 48.5 Å². The van der Waals surface area contributed by atoms with E-state index >= 15 is 0 Å². The Morgan fingerprint density at radius 3 is 2.05 bits per heavy atom. The summed E-state index contributed by atoms with van der Waals surface area (Å²) in [5.74, 6) is 4.27. The second kappa shape index (κ2) is 13.5. The highest BCUT2D eigenvalue weighted by atomic mass is 16.3. The third kappa shape index (κ3) is 8.24. The zero-order valence-corrected chi connectivity index (χ0v) is 21.1. The van der Waals surface area contributed by atoms with Gasteiger partial charge < -0.3 is 26.6 Å². The van der Waals surface area contributed by atoms with Crippen molar-refractivity contribution in [2.24, 2.45) is 11.7 Å². The van der Waals surface area contributed by atoms with Crippen LogP contribution in [0.1, 0.15) is 41.3 Å². The Morgan fingerprint density at radius 1 is 1.00 bits per heavy atom. The van der Waals surface area contributed by atoms with Gasteiger partial charge in [0.2, 0.25) is 11.8 Å². The summed E-state index contributed by atoms with van der Waals surface area (Å²) in [6, 6.07) is 12.3. The standard InChI is InChI=1S/C28H32N4O6/c1-18(34)26(24(35)17-33)31-28(38)22-8-4-19(5-9-22)2-3-20-6-10-23(11-7-20)30-25(36)16-32-14-12-21(13-15-32)27(29)37/h4-11,18,21,26,33-34H,12-17H2,1H3,(H2,29,37)(H,30,36)(H,31,38)/t18-,26+/m1/s1. The van der Waals surface area contributed by atoms with E-state index < -0.39 is 30.4 Å². The van der Waals surface area contributed by atoms with Gasteiger partial charge in [-0.3, -0.25) is 24.1 Å². The molecule has 1 saturated heterocycles. The summed E-state index contributed by atoms with van der Waals surface area (Å²) >= 11 is 0. The summed E-state index contributed by atoms with van der Waals surface area (Å²) in [6.07, 6.45) is 0.193. The van der Waals surface area contributed by atoms with Crippen molar-refractivity contribution < 1.29 is 29.4 Å². The minimum absolute atomic E-state index is 0.113. The number of rotatable bonds is 9. The van der Waals surface area contributed by atoms with Crippen LogP contribution in [0.4, 0.5) is 5.69 Å². The Morgan fingerprint density at radius 2 is 1.55 bits per heavy atom. The minimum Gasteiger partial charge on any atom is -0.391 e. The number of nitrogens with two attached hydrogens (primary N) is 1. The molecule has 2 aromatic carbocycles. The molecular weight excluding hydrogens is 488 g/mol. The molecule has 0 aliphatic carbocycles. The number of benzene rings is 2. The molecule has 1 fully saturated rings. The van der Waals surface area contributed by atoms with Crippen molar-refractivity contribution in [3.63, 3.8) is 0 Å². The number of nitrogens with one attached hydrogen (secondary N) is 2. The second-order valence-electron chi connectivity index (χ2n) is 9.22. The topological polar surface area (TPSA) is 162 Å². The maximum atomic E-state index is 12.4. The van der Waals surface area contributed by atoms with Crippen LogP contribution in [0.25, 0.3) is 0 Å². The van der Waals surface area contributed by atoms with E-state index in [1.54, 1.807) is 48.5 Å². The van der Waals surface area contributed by atoms with Crippen LogP contribution in [0, 0.1) is 17.8 Å². The van der Waals surface area contributed by atoms with E-state index in [1.807, 2.05) is 4.90 Å². The highest BCUT2D eigenvalue weighted by Crippen LogP contribution is 2.17. The van der Waals surface area contributed by atoms with Gasteiger partial charge in [-0.25, -0.2) is 0 Å². The molecule has 1 heterocycles. The van der Waals surface area contributed by atoms with Gasteiger partial charge in [-0.15, -0.1) is 0 Å². The van der Waals surface area contributed by atoms with E-state index in [0.717, 1.165) is 5.56 Å². The lowest BCUT2D eigenvalue weighted by Crippen LogP contribution is -2.48. The van der Waals surface area contributed by atoms with Crippen molar-refractivity contribution in [2.75, 3.05) is 31.6 Å². The van der Waals surface area contributed by atoms with Crippen molar-refractivity contribution in [2.45, 2.75) is 31.9 Å². The van der Waals surface area contributed by atoms with Gasteiger partial charge in [0.05, 0.1) is 12.6 Å². The predicted molar refractivity (Wildman–Crippen MR) is 141 cm³/mol. The number of likely N-dealkylation sites (tertiary alicyclic amines) is 1. The first-order valence-corrected chi connectivity index (χ1v) is 12.3. The van der Waals surface area contributed by atoms with Crippen molar-refractivity contribution in [1.29, 1.82) is 0 Å².